The van der Waals surface area contributed by atoms with Crippen molar-refractivity contribution < 1.29 is 13.9 Å². The fourth-order valence-electron chi connectivity index (χ4n) is 4.31. The SMILES string of the molecule is CCC(=O)OCCCCCCCCCCc1cnc2oc(=O)c(-c3cc(C)cc(C)c3)cc2c1. The molecule has 0 fully saturated rings. The number of unbranched alkanes of at least 4 members (excludes halogenated alkanes) is 7. The van der Waals surface area contributed by atoms with Crippen molar-refractivity contribution in [3.05, 3.63) is 63.6 Å². The van der Waals surface area contributed by atoms with Crippen LogP contribution in [0.2, 0.25) is 0 Å². The van der Waals surface area contributed by atoms with Crippen LogP contribution in [0, 0.1) is 13.8 Å². The van der Waals surface area contributed by atoms with Gasteiger partial charge in [0.05, 0.1) is 12.2 Å². The van der Waals surface area contributed by atoms with Crippen LogP contribution in [-0.4, -0.2) is 17.6 Å². The summed E-state index contributed by atoms with van der Waals surface area (Å²) in [7, 11) is 0. The lowest BCUT2D eigenvalue weighted by Gasteiger charge is -2.07. The topological polar surface area (TPSA) is 69.4 Å². The molecule has 0 aliphatic carbocycles. The minimum absolute atomic E-state index is 0.104. The third-order valence-electron chi connectivity index (χ3n) is 6.09. The minimum Gasteiger partial charge on any atom is -0.466 e. The number of rotatable bonds is 13. The molecule has 3 rings (SSSR count). The molecule has 0 bridgehead atoms. The van der Waals surface area contributed by atoms with E-state index in [1.165, 1.54) is 37.7 Å². The molecule has 2 heterocycles. The number of nitrogens with zero attached hydrogens (tertiary/aromatic N) is 1. The summed E-state index contributed by atoms with van der Waals surface area (Å²) in [6.07, 6.45) is 12.6. The minimum atomic E-state index is -0.347. The lowest BCUT2D eigenvalue weighted by Crippen LogP contribution is -2.04. The van der Waals surface area contributed by atoms with Gasteiger partial charge in [0.1, 0.15) is 0 Å². The molecule has 0 saturated heterocycles. The molecular weight excluding hydrogens is 426 g/mol. The van der Waals surface area contributed by atoms with Gasteiger partial charge >= 0.3 is 11.6 Å². The van der Waals surface area contributed by atoms with Crippen LogP contribution in [0.5, 0.6) is 0 Å². The molecule has 34 heavy (non-hydrogen) atoms. The van der Waals surface area contributed by atoms with Crippen molar-refractivity contribution in [3.63, 3.8) is 0 Å². The summed E-state index contributed by atoms with van der Waals surface area (Å²) in [5.41, 5.74) is 4.94. The Morgan fingerprint density at radius 1 is 0.882 bits per heavy atom. The largest absolute Gasteiger partial charge is 0.466 e. The smallest absolute Gasteiger partial charge is 0.345 e. The van der Waals surface area contributed by atoms with E-state index in [-0.39, 0.29) is 11.6 Å². The van der Waals surface area contributed by atoms with Gasteiger partial charge in [0.15, 0.2) is 0 Å². The van der Waals surface area contributed by atoms with E-state index < -0.39 is 0 Å². The summed E-state index contributed by atoms with van der Waals surface area (Å²) in [6.45, 7) is 6.44. The fraction of sp³-hybridized carbons (Fsp3) is 0.483. The maximum absolute atomic E-state index is 12.5. The second-order valence-corrected chi connectivity index (χ2v) is 9.21. The molecule has 0 atom stereocenters. The summed E-state index contributed by atoms with van der Waals surface area (Å²) in [5, 5.41) is 0.871. The first-order valence-electron chi connectivity index (χ1n) is 12.6. The van der Waals surface area contributed by atoms with Gasteiger partial charge in [-0.15, -0.1) is 0 Å². The molecule has 0 spiro atoms. The standard InChI is InChI=1S/C29H37NO4/c1-4-27(31)33-14-12-10-8-6-5-7-9-11-13-23-18-25-19-26(29(32)34-28(25)30-20-23)24-16-21(2)15-22(3)17-24/h15-20H,4-14H2,1-3H3. The molecule has 0 N–H and O–H groups in total. The molecule has 0 aliphatic heterocycles. The van der Waals surface area contributed by atoms with Gasteiger partial charge in [0.25, 0.3) is 0 Å². The van der Waals surface area contributed by atoms with E-state index in [1.54, 1.807) is 0 Å². The van der Waals surface area contributed by atoms with Gasteiger partial charge in [-0.2, -0.15) is 0 Å². The third-order valence-corrected chi connectivity index (χ3v) is 6.09. The fourth-order valence-corrected chi connectivity index (χ4v) is 4.31. The monoisotopic (exact) mass is 463 g/mol. The molecule has 0 amide bonds. The second kappa shape index (κ2) is 13.1. The van der Waals surface area contributed by atoms with Crippen LogP contribution in [0.25, 0.3) is 22.2 Å². The van der Waals surface area contributed by atoms with Crippen LogP contribution in [0.1, 0.15) is 81.4 Å². The van der Waals surface area contributed by atoms with Crippen molar-refractivity contribution in [3.8, 4) is 11.1 Å². The molecule has 3 aromatic rings. The Morgan fingerprint density at radius 3 is 2.21 bits per heavy atom. The van der Waals surface area contributed by atoms with E-state index in [2.05, 4.69) is 17.1 Å². The van der Waals surface area contributed by atoms with Crippen LogP contribution in [0.15, 0.2) is 45.7 Å². The molecular formula is C29H37NO4. The predicted molar refractivity (Wildman–Crippen MR) is 137 cm³/mol. The van der Waals surface area contributed by atoms with Crippen molar-refractivity contribution >= 4 is 17.1 Å². The average Bonchev–Trinajstić information content (AvgIpc) is 2.81. The van der Waals surface area contributed by atoms with Crippen LogP contribution >= 0.6 is 0 Å². The van der Waals surface area contributed by atoms with Crippen molar-refractivity contribution in [1.29, 1.82) is 0 Å². The molecule has 5 nitrogen and oxygen atoms in total. The number of pyridine rings is 1. The van der Waals surface area contributed by atoms with Gasteiger partial charge in [-0.05, 0) is 56.4 Å². The lowest BCUT2D eigenvalue weighted by molar-refractivity contribution is -0.143. The van der Waals surface area contributed by atoms with Gasteiger partial charge in [-0.3, -0.25) is 4.79 Å². The Balaban J connectivity index is 1.44. The molecule has 182 valence electrons. The van der Waals surface area contributed by atoms with E-state index in [1.807, 2.05) is 45.2 Å². The van der Waals surface area contributed by atoms with Crippen molar-refractivity contribution in [2.75, 3.05) is 6.61 Å². The zero-order valence-corrected chi connectivity index (χ0v) is 20.8. The Bertz CT molecular complexity index is 1130. The summed E-state index contributed by atoms with van der Waals surface area (Å²) >= 11 is 0. The molecule has 0 saturated carbocycles. The average molecular weight is 464 g/mol. The van der Waals surface area contributed by atoms with E-state index in [0.717, 1.165) is 47.8 Å². The first-order chi connectivity index (χ1) is 16.5. The zero-order valence-electron chi connectivity index (χ0n) is 20.8. The molecule has 5 heteroatoms. The van der Waals surface area contributed by atoms with Crippen LogP contribution in [0.4, 0.5) is 0 Å². The number of fused-ring (bicyclic) bond motifs is 1. The number of benzene rings is 1. The van der Waals surface area contributed by atoms with Crippen LogP contribution in [0.3, 0.4) is 0 Å². The number of hydrogen-bond acceptors (Lipinski definition) is 5. The quantitative estimate of drug-likeness (QED) is 0.200. The highest BCUT2D eigenvalue weighted by Gasteiger charge is 2.10. The molecule has 0 unspecified atom stereocenters. The lowest BCUT2D eigenvalue weighted by atomic mass is 10.0. The van der Waals surface area contributed by atoms with Crippen LogP contribution < -0.4 is 5.63 Å². The van der Waals surface area contributed by atoms with Gasteiger partial charge in [0, 0.05) is 18.0 Å². The van der Waals surface area contributed by atoms with Gasteiger partial charge in [-0.1, -0.05) is 74.8 Å². The highest BCUT2D eigenvalue weighted by atomic mass is 16.5. The third kappa shape index (κ3) is 7.82. The van der Waals surface area contributed by atoms with Crippen molar-refractivity contribution in [2.24, 2.45) is 0 Å². The number of aryl methyl sites for hydroxylation is 3. The molecule has 0 aliphatic rings. The van der Waals surface area contributed by atoms with Crippen LogP contribution in [-0.2, 0) is 16.0 Å². The Kier molecular flexibility index (Phi) is 9.87. The van der Waals surface area contributed by atoms with Gasteiger partial charge < -0.3 is 9.15 Å². The molecule has 2 aromatic heterocycles. The number of carbonyl (C=O) groups excluding carboxylic acids is 1. The zero-order chi connectivity index (χ0) is 24.3. The Morgan fingerprint density at radius 2 is 1.53 bits per heavy atom. The van der Waals surface area contributed by atoms with E-state index in [4.69, 9.17) is 9.15 Å². The van der Waals surface area contributed by atoms with Gasteiger partial charge in [-0.25, -0.2) is 9.78 Å². The van der Waals surface area contributed by atoms with Gasteiger partial charge in [0.2, 0.25) is 5.71 Å². The maximum atomic E-state index is 12.5. The molecule has 1 aromatic carbocycles. The van der Waals surface area contributed by atoms with Crippen molar-refractivity contribution in [2.45, 2.75) is 85.0 Å². The van der Waals surface area contributed by atoms with Crippen molar-refractivity contribution in [1.82, 2.24) is 4.98 Å². The number of carbonyl (C=O) groups is 1. The first-order valence-corrected chi connectivity index (χ1v) is 12.6. The molecule has 0 radical (unpaired) electrons. The normalized spacial score (nSPS) is 11.1. The predicted octanol–water partition coefficient (Wildman–Crippen LogP) is 7.09. The first kappa shape index (κ1) is 25.7. The Labute approximate surface area is 202 Å². The van der Waals surface area contributed by atoms with E-state index >= 15 is 0 Å². The van der Waals surface area contributed by atoms with E-state index in [0.29, 0.717) is 24.3 Å². The number of aromatic nitrogens is 1. The summed E-state index contributed by atoms with van der Waals surface area (Å²) in [6, 6.07) is 10.1. The second-order valence-electron chi connectivity index (χ2n) is 9.21. The highest BCUT2D eigenvalue weighted by Crippen LogP contribution is 2.23. The number of hydrogen-bond donors (Lipinski definition) is 0. The highest BCUT2D eigenvalue weighted by molar-refractivity contribution is 5.79. The van der Waals surface area contributed by atoms with E-state index in [9.17, 15) is 9.59 Å². The summed E-state index contributed by atoms with van der Waals surface area (Å²) in [4.78, 5) is 28.0. The summed E-state index contributed by atoms with van der Waals surface area (Å²) in [5.74, 6) is -0.104. The summed E-state index contributed by atoms with van der Waals surface area (Å²) < 4.78 is 10.6. The Hall–Kier alpha value is -2.95. The number of esters is 1. The number of ether oxygens (including phenoxy) is 1. The maximum Gasteiger partial charge on any atom is 0.345 e.